The van der Waals surface area contributed by atoms with Crippen molar-refractivity contribution in [3.8, 4) is 5.75 Å². The molecule has 2 aromatic carbocycles. The monoisotopic (exact) mass is 339 g/mol. The second-order valence-electron chi connectivity index (χ2n) is 5.37. The fourth-order valence-electron chi connectivity index (χ4n) is 2.67. The summed E-state index contributed by atoms with van der Waals surface area (Å²) in [5.41, 5.74) is 1.06. The summed E-state index contributed by atoms with van der Waals surface area (Å²) < 4.78 is 10.6. The van der Waals surface area contributed by atoms with Gasteiger partial charge < -0.3 is 9.47 Å². The van der Waals surface area contributed by atoms with Crippen molar-refractivity contribution in [1.82, 2.24) is 4.90 Å². The Balaban J connectivity index is 1.62. The van der Waals surface area contributed by atoms with Crippen molar-refractivity contribution in [2.45, 2.75) is 6.92 Å². The number of esters is 1. The van der Waals surface area contributed by atoms with Gasteiger partial charge in [-0.3, -0.25) is 14.5 Å². The molecule has 128 valence electrons. The largest absolute Gasteiger partial charge is 0.493 e. The Hall–Kier alpha value is -3.15. The van der Waals surface area contributed by atoms with Crippen LogP contribution in [0.25, 0.3) is 0 Å². The van der Waals surface area contributed by atoms with E-state index in [9.17, 15) is 14.4 Å². The zero-order valence-electron chi connectivity index (χ0n) is 13.7. The lowest BCUT2D eigenvalue weighted by atomic mass is 10.1. The number of imide groups is 1. The van der Waals surface area contributed by atoms with Crippen molar-refractivity contribution in [3.05, 3.63) is 65.2 Å². The van der Waals surface area contributed by atoms with Crippen LogP contribution in [0.5, 0.6) is 5.75 Å². The van der Waals surface area contributed by atoms with E-state index in [1.807, 2.05) is 6.92 Å². The third kappa shape index (κ3) is 3.24. The first-order valence-corrected chi connectivity index (χ1v) is 7.97. The Bertz CT molecular complexity index is 795. The molecule has 0 aliphatic carbocycles. The summed E-state index contributed by atoms with van der Waals surface area (Å²) in [7, 11) is 0. The highest BCUT2D eigenvalue weighted by Gasteiger charge is 2.34. The molecular weight excluding hydrogens is 322 g/mol. The highest BCUT2D eigenvalue weighted by Crippen LogP contribution is 2.22. The summed E-state index contributed by atoms with van der Waals surface area (Å²) in [6, 6.07) is 13.4. The number of rotatable bonds is 6. The zero-order valence-corrected chi connectivity index (χ0v) is 13.7. The van der Waals surface area contributed by atoms with Gasteiger partial charge in [0, 0.05) is 0 Å². The molecule has 6 heteroatoms. The molecule has 25 heavy (non-hydrogen) atoms. The minimum atomic E-state index is -0.555. The van der Waals surface area contributed by atoms with Crippen molar-refractivity contribution in [2.24, 2.45) is 0 Å². The van der Waals surface area contributed by atoms with Gasteiger partial charge in [0.05, 0.1) is 24.3 Å². The van der Waals surface area contributed by atoms with E-state index in [0.717, 1.165) is 4.90 Å². The van der Waals surface area contributed by atoms with Gasteiger partial charge in [-0.1, -0.05) is 24.3 Å². The summed E-state index contributed by atoms with van der Waals surface area (Å²) in [6.07, 6.45) is 0. The van der Waals surface area contributed by atoms with E-state index in [1.165, 1.54) is 0 Å². The molecule has 1 aliphatic heterocycles. The number of amides is 2. The molecule has 0 saturated carbocycles. The minimum absolute atomic E-state index is 0.00882. The first kappa shape index (κ1) is 16.7. The van der Waals surface area contributed by atoms with Gasteiger partial charge in [0.15, 0.2) is 0 Å². The average molecular weight is 339 g/mol. The van der Waals surface area contributed by atoms with Gasteiger partial charge in [-0.15, -0.1) is 0 Å². The molecule has 0 unspecified atom stereocenters. The number of nitrogens with zero attached hydrogens (tertiary/aromatic N) is 1. The van der Waals surface area contributed by atoms with Crippen molar-refractivity contribution in [3.63, 3.8) is 0 Å². The Morgan fingerprint density at radius 1 is 0.960 bits per heavy atom. The lowest BCUT2D eigenvalue weighted by molar-refractivity contribution is 0.0417. The Kier molecular flexibility index (Phi) is 4.79. The highest BCUT2D eigenvalue weighted by molar-refractivity contribution is 6.21. The summed E-state index contributed by atoms with van der Waals surface area (Å²) in [6.45, 7) is 2.18. The van der Waals surface area contributed by atoms with E-state index in [4.69, 9.17) is 9.47 Å². The van der Waals surface area contributed by atoms with Gasteiger partial charge in [-0.05, 0) is 31.2 Å². The number of benzene rings is 2. The smallest absolute Gasteiger partial charge is 0.341 e. The number of para-hydroxylation sites is 1. The van der Waals surface area contributed by atoms with Crippen LogP contribution in [0.15, 0.2) is 48.5 Å². The first-order chi connectivity index (χ1) is 12.1. The lowest BCUT2D eigenvalue weighted by Crippen LogP contribution is -2.33. The second-order valence-corrected chi connectivity index (χ2v) is 5.37. The van der Waals surface area contributed by atoms with E-state index in [2.05, 4.69) is 0 Å². The highest BCUT2D eigenvalue weighted by atomic mass is 16.5. The molecule has 0 fully saturated rings. The molecule has 0 N–H and O–H groups in total. The van der Waals surface area contributed by atoms with Crippen molar-refractivity contribution in [2.75, 3.05) is 19.8 Å². The molecule has 0 bridgehead atoms. The summed E-state index contributed by atoms with van der Waals surface area (Å²) >= 11 is 0. The summed E-state index contributed by atoms with van der Waals surface area (Å²) in [5.74, 6) is -0.853. The quantitative estimate of drug-likeness (QED) is 0.597. The average Bonchev–Trinajstić information content (AvgIpc) is 2.87. The van der Waals surface area contributed by atoms with E-state index >= 15 is 0 Å². The lowest BCUT2D eigenvalue weighted by Gasteiger charge is -2.14. The summed E-state index contributed by atoms with van der Waals surface area (Å²) in [4.78, 5) is 37.8. The molecule has 1 aliphatic rings. The van der Waals surface area contributed by atoms with Crippen molar-refractivity contribution < 1.29 is 23.9 Å². The van der Waals surface area contributed by atoms with Gasteiger partial charge in [0.1, 0.15) is 17.9 Å². The number of carbonyl (C=O) groups excluding carboxylic acids is 3. The predicted octanol–water partition coefficient (Wildman–Crippen LogP) is 2.54. The standard InChI is InChI=1S/C19H17NO5/c1-2-24-16-10-6-5-9-15(16)19(23)25-12-11-20-17(21)13-7-3-4-8-14(13)18(20)22/h3-10H,2,11-12H2,1H3. The van der Waals surface area contributed by atoms with Crippen molar-refractivity contribution in [1.29, 1.82) is 0 Å². The van der Waals surface area contributed by atoms with Gasteiger partial charge in [-0.25, -0.2) is 4.79 Å². The predicted molar refractivity (Wildman–Crippen MR) is 89.7 cm³/mol. The topological polar surface area (TPSA) is 72.9 Å². The number of fused-ring (bicyclic) bond motifs is 1. The summed E-state index contributed by atoms with van der Waals surface area (Å²) in [5, 5.41) is 0. The van der Waals surface area contributed by atoms with Crippen LogP contribution in [0.1, 0.15) is 38.0 Å². The van der Waals surface area contributed by atoms with Crippen LogP contribution in [-0.4, -0.2) is 42.4 Å². The van der Waals surface area contributed by atoms with Gasteiger partial charge in [0.2, 0.25) is 0 Å². The van der Waals surface area contributed by atoms with E-state index in [0.29, 0.717) is 29.0 Å². The number of hydrogen-bond acceptors (Lipinski definition) is 5. The molecule has 2 amide bonds. The fourth-order valence-corrected chi connectivity index (χ4v) is 2.67. The number of carbonyl (C=O) groups is 3. The van der Waals surface area contributed by atoms with Crippen LogP contribution < -0.4 is 4.74 Å². The molecule has 0 spiro atoms. The van der Waals surface area contributed by atoms with Crippen LogP contribution in [0.3, 0.4) is 0 Å². The molecule has 0 atom stereocenters. The third-order valence-corrected chi connectivity index (χ3v) is 3.83. The van der Waals surface area contributed by atoms with Crippen LogP contribution >= 0.6 is 0 Å². The zero-order chi connectivity index (χ0) is 17.8. The van der Waals surface area contributed by atoms with Crippen LogP contribution in [-0.2, 0) is 4.74 Å². The molecule has 1 heterocycles. The number of hydrogen-bond donors (Lipinski definition) is 0. The molecule has 0 saturated heterocycles. The van der Waals surface area contributed by atoms with Crippen LogP contribution in [0.4, 0.5) is 0 Å². The van der Waals surface area contributed by atoms with Crippen LogP contribution in [0.2, 0.25) is 0 Å². The molecule has 0 radical (unpaired) electrons. The molecule has 2 aromatic rings. The first-order valence-electron chi connectivity index (χ1n) is 7.97. The van der Waals surface area contributed by atoms with E-state index in [-0.39, 0.29) is 25.0 Å². The van der Waals surface area contributed by atoms with E-state index < -0.39 is 5.97 Å². The van der Waals surface area contributed by atoms with Gasteiger partial charge in [0.25, 0.3) is 11.8 Å². The molecular formula is C19H17NO5. The van der Waals surface area contributed by atoms with E-state index in [1.54, 1.807) is 48.5 Å². The molecule has 6 nitrogen and oxygen atoms in total. The Morgan fingerprint density at radius 3 is 2.20 bits per heavy atom. The minimum Gasteiger partial charge on any atom is -0.493 e. The normalized spacial score (nSPS) is 12.9. The van der Waals surface area contributed by atoms with Gasteiger partial charge >= 0.3 is 5.97 Å². The molecule has 0 aromatic heterocycles. The Labute approximate surface area is 145 Å². The SMILES string of the molecule is CCOc1ccccc1C(=O)OCCN1C(=O)c2ccccc2C1=O. The fraction of sp³-hybridized carbons (Fsp3) is 0.211. The number of ether oxygens (including phenoxy) is 2. The third-order valence-electron chi connectivity index (χ3n) is 3.83. The second kappa shape index (κ2) is 7.17. The van der Waals surface area contributed by atoms with Crippen molar-refractivity contribution >= 4 is 17.8 Å². The maximum Gasteiger partial charge on any atom is 0.341 e. The van der Waals surface area contributed by atoms with Gasteiger partial charge in [-0.2, -0.15) is 0 Å². The molecule has 3 rings (SSSR count). The maximum absolute atomic E-state index is 12.2. The maximum atomic E-state index is 12.2. The Morgan fingerprint density at radius 2 is 1.56 bits per heavy atom. The van der Waals surface area contributed by atoms with Crippen LogP contribution in [0, 0.1) is 0 Å².